The average Bonchev–Trinajstić information content (AvgIpc) is 3.21. The molecule has 1 aliphatic heterocycles. The number of ether oxygens (including phenoxy) is 1. The molecule has 2 aromatic heterocycles. The lowest BCUT2D eigenvalue weighted by atomic mass is 10.0. The first-order chi connectivity index (χ1) is 18.0. The summed E-state index contributed by atoms with van der Waals surface area (Å²) in [4.78, 5) is 18.5. The Morgan fingerprint density at radius 1 is 1.19 bits per heavy atom. The maximum atomic E-state index is 11.3. The first-order valence-electron chi connectivity index (χ1n) is 12.4. The van der Waals surface area contributed by atoms with Crippen molar-refractivity contribution in [2.24, 2.45) is 5.92 Å². The molecule has 2 aliphatic carbocycles. The Kier molecular flexibility index (Phi) is 5.69. The van der Waals surface area contributed by atoms with E-state index in [1.165, 1.54) is 0 Å². The van der Waals surface area contributed by atoms with Crippen LogP contribution in [0, 0.1) is 5.92 Å². The molecule has 3 aliphatic rings. The summed E-state index contributed by atoms with van der Waals surface area (Å²) >= 11 is 14.6. The molecule has 2 bridgehead atoms. The van der Waals surface area contributed by atoms with Gasteiger partial charge >= 0.3 is 5.97 Å². The Hall–Kier alpha value is -2.65. The Labute approximate surface area is 226 Å². The quantitative estimate of drug-likeness (QED) is 0.262. The van der Waals surface area contributed by atoms with Crippen molar-refractivity contribution in [1.29, 1.82) is 0 Å². The van der Waals surface area contributed by atoms with Gasteiger partial charge in [0.05, 0.1) is 38.5 Å². The zero-order chi connectivity index (χ0) is 25.3. The predicted octanol–water partition coefficient (Wildman–Crippen LogP) is 7.02. The summed E-state index contributed by atoms with van der Waals surface area (Å²) in [5.41, 5.74) is 3.46. The summed E-state index contributed by atoms with van der Waals surface area (Å²) in [7, 11) is 0. The fourth-order valence-electron chi connectivity index (χ4n) is 5.75. The second-order valence-electron chi connectivity index (χ2n) is 10.1. The summed E-state index contributed by atoms with van der Waals surface area (Å²) in [6.07, 6.45) is 4.32. The van der Waals surface area contributed by atoms with Gasteiger partial charge in [-0.25, -0.2) is 9.78 Å². The second-order valence-corrected chi connectivity index (χ2v) is 11.9. The van der Waals surface area contributed by atoms with E-state index < -0.39 is 5.97 Å². The number of carboxylic acids is 1. The van der Waals surface area contributed by atoms with Gasteiger partial charge in [-0.3, -0.25) is 0 Å². The topological polar surface area (TPSA) is 88.7 Å². The fourth-order valence-corrected chi connectivity index (χ4v) is 7.41. The lowest BCUT2D eigenvalue weighted by Crippen LogP contribution is -2.38. The van der Waals surface area contributed by atoms with Crippen LogP contribution in [0.2, 0.25) is 10.0 Å². The monoisotopic (exact) mass is 555 g/mol. The third kappa shape index (κ3) is 4.11. The van der Waals surface area contributed by atoms with E-state index in [-0.39, 0.29) is 11.7 Å². The Morgan fingerprint density at radius 2 is 2.00 bits per heavy atom. The lowest BCUT2D eigenvalue weighted by Gasteiger charge is -2.31. The van der Waals surface area contributed by atoms with Crippen molar-refractivity contribution in [2.75, 3.05) is 11.4 Å². The highest BCUT2D eigenvalue weighted by Crippen LogP contribution is 2.48. The van der Waals surface area contributed by atoms with Crippen LogP contribution in [0.25, 0.3) is 21.5 Å². The van der Waals surface area contributed by atoms with Gasteiger partial charge in [-0.05, 0) is 56.0 Å². The van der Waals surface area contributed by atoms with Crippen LogP contribution in [-0.2, 0) is 11.3 Å². The molecule has 2 aromatic carbocycles. The number of rotatable bonds is 7. The number of hydrogen-bond acceptors (Lipinski definition) is 7. The van der Waals surface area contributed by atoms with E-state index in [1.807, 2.05) is 18.2 Å². The molecule has 190 valence electrons. The average molecular weight is 556 g/mol. The number of fused-ring (bicyclic) bond motifs is 3. The second kappa shape index (κ2) is 8.98. The maximum Gasteiger partial charge on any atom is 0.335 e. The minimum Gasteiger partial charge on any atom is -0.478 e. The molecule has 37 heavy (non-hydrogen) atoms. The van der Waals surface area contributed by atoms with Crippen molar-refractivity contribution in [3.8, 4) is 11.3 Å². The van der Waals surface area contributed by atoms with Gasteiger partial charge in [0.25, 0.3) is 0 Å². The van der Waals surface area contributed by atoms with Crippen LogP contribution in [0.3, 0.4) is 0 Å². The molecule has 0 radical (unpaired) electrons. The SMILES string of the molecule is O=C(O)c1ccc2nc(N3CC4CC3CC4OCc3c(-c4c(Cl)cccc4Cl)noc3C3CC3)sc2c1. The van der Waals surface area contributed by atoms with Crippen molar-refractivity contribution in [3.63, 3.8) is 0 Å². The molecule has 7 nitrogen and oxygen atoms in total. The van der Waals surface area contributed by atoms with Gasteiger partial charge in [-0.15, -0.1) is 0 Å². The number of aromatic nitrogens is 2. The number of nitrogens with zero attached hydrogens (tertiary/aromatic N) is 3. The van der Waals surface area contributed by atoms with Crippen LogP contribution in [0.4, 0.5) is 5.13 Å². The van der Waals surface area contributed by atoms with Crippen LogP contribution in [0.1, 0.15) is 53.3 Å². The molecule has 1 N–H and O–H groups in total. The summed E-state index contributed by atoms with van der Waals surface area (Å²) in [5.74, 6) is 0.765. The summed E-state index contributed by atoms with van der Waals surface area (Å²) < 4.78 is 13.2. The third-order valence-corrected chi connectivity index (χ3v) is 9.44. The highest BCUT2D eigenvalue weighted by Gasteiger charge is 2.46. The largest absolute Gasteiger partial charge is 0.478 e. The van der Waals surface area contributed by atoms with Gasteiger partial charge < -0.3 is 19.3 Å². The zero-order valence-electron chi connectivity index (χ0n) is 19.7. The number of aromatic carboxylic acids is 1. The smallest absolute Gasteiger partial charge is 0.335 e. The van der Waals surface area contributed by atoms with E-state index in [4.69, 9.17) is 37.4 Å². The highest BCUT2D eigenvalue weighted by atomic mass is 35.5. The number of thiazole rings is 1. The predicted molar refractivity (Wildman–Crippen MR) is 143 cm³/mol. The van der Waals surface area contributed by atoms with E-state index >= 15 is 0 Å². The summed E-state index contributed by atoms with van der Waals surface area (Å²) in [6.45, 7) is 1.29. The molecule has 3 atom stereocenters. The van der Waals surface area contributed by atoms with Crippen molar-refractivity contribution in [3.05, 3.63) is 63.3 Å². The Morgan fingerprint density at radius 3 is 2.70 bits per heavy atom. The molecule has 1 saturated heterocycles. The van der Waals surface area contributed by atoms with E-state index in [0.29, 0.717) is 45.8 Å². The standard InChI is InChI=1S/C27H23Cl2N3O4S/c28-18-2-1-3-19(29)23(18)24-17(25(36-31-24)13-4-5-13)12-35-21-10-16-8-15(21)11-32(16)27-30-20-7-6-14(26(33)34)9-22(20)37-27/h1-3,6-7,9,13,15-16,21H,4-5,8,10-12H2,(H,33,34). The highest BCUT2D eigenvalue weighted by molar-refractivity contribution is 7.22. The van der Waals surface area contributed by atoms with Gasteiger partial charge in [0.15, 0.2) is 5.13 Å². The number of benzene rings is 2. The van der Waals surface area contributed by atoms with Crippen LogP contribution >= 0.6 is 34.5 Å². The Bertz CT molecular complexity index is 1510. The normalized spacial score (nSPS) is 22.9. The molecule has 0 amide bonds. The minimum atomic E-state index is -0.922. The van der Waals surface area contributed by atoms with Crippen LogP contribution in [0.5, 0.6) is 0 Å². The maximum absolute atomic E-state index is 11.3. The minimum absolute atomic E-state index is 0.144. The van der Waals surface area contributed by atoms with Crippen LogP contribution in [-0.4, -0.2) is 39.9 Å². The van der Waals surface area contributed by atoms with Gasteiger partial charge in [-0.2, -0.15) is 0 Å². The van der Waals surface area contributed by atoms with Crippen molar-refractivity contribution >= 4 is 55.9 Å². The van der Waals surface area contributed by atoms with E-state index in [9.17, 15) is 9.90 Å². The molecular weight excluding hydrogens is 533 g/mol. The molecular formula is C27H23Cl2N3O4S. The van der Waals surface area contributed by atoms with E-state index in [2.05, 4.69) is 10.1 Å². The summed E-state index contributed by atoms with van der Waals surface area (Å²) in [6, 6.07) is 10.9. The van der Waals surface area contributed by atoms with Gasteiger partial charge in [0, 0.05) is 35.5 Å². The molecule has 3 unspecified atom stereocenters. The molecule has 7 rings (SSSR count). The first kappa shape index (κ1) is 23.5. The van der Waals surface area contributed by atoms with Gasteiger partial charge in [0.2, 0.25) is 0 Å². The van der Waals surface area contributed by atoms with Crippen molar-refractivity contribution in [1.82, 2.24) is 10.1 Å². The summed E-state index contributed by atoms with van der Waals surface area (Å²) in [5, 5.41) is 15.7. The van der Waals surface area contributed by atoms with Gasteiger partial charge in [0.1, 0.15) is 11.5 Å². The molecule has 0 spiro atoms. The van der Waals surface area contributed by atoms with E-state index in [1.54, 1.807) is 29.5 Å². The van der Waals surface area contributed by atoms with Crippen LogP contribution < -0.4 is 4.90 Å². The number of carbonyl (C=O) groups is 1. The number of halogens is 2. The molecule has 4 aromatic rings. The lowest BCUT2D eigenvalue weighted by molar-refractivity contribution is 0.0122. The molecule has 3 heterocycles. The molecule has 10 heteroatoms. The number of hydrogen-bond donors (Lipinski definition) is 1. The molecule has 2 saturated carbocycles. The zero-order valence-corrected chi connectivity index (χ0v) is 22.0. The van der Waals surface area contributed by atoms with E-state index in [0.717, 1.165) is 58.9 Å². The molecule has 3 fully saturated rings. The number of piperidine rings is 1. The van der Waals surface area contributed by atoms with Crippen molar-refractivity contribution < 1.29 is 19.2 Å². The third-order valence-electron chi connectivity index (χ3n) is 7.75. The van der Waals surface area contributed by atoms with Crippen molar-refractivity contribution in [2.45, 2.75) is 50.4 Å². The van der Waals surface area contributed by atoms with Crippen LogP contribution in [0.15, 0.2) is 40.9 Å². The number of anilines is 1. The van der Waals surface area contributed by atoms with Gasteiger partial charge in [-0.1, -0.05) is 45.8 Å². The fraction of sp³-hybridized carbons (Fsp3) is 0.370. The number of carboxylic acid groups (broad SMARTS) is 1. The first-order valence-corrected chi connectivity index (χ1v) is 14.0. The Balaban J connectivity index is 1.08.